The molecule has 0 spiro atoms. The van der Waals surface area contributed by atoms with E-state index in [0.29, 0.717) is 6.42 Å². The number of nitrogens with one attached hydrogen (secondary N) is 1. The van der Waals surface area contributed by atoms with Gasteiger partial charge in [0.15, 0.2) is 0 Å². The third-order valence-electron chi connectivity index (χ3n) is 3.31. The molecule has 0 unspecified atom stereocenters. The summed E-state index contributed by atoms with van der Waals surface area (Å²) in [7, 11) is 3.19. The molecular weight excluding hydrogens is 242 g/mol. The molecule has 1 aromatic rings. The summed E-state index contributed by atoms with van der Waals surface area (Å²) in [6, 6.07) is 5.55. The lowest BCUT2D eigenvalue weighted by Gasteiger charge is -2.26. The van der Waals surface area contributed by atoms with E-state index in [4.69, 9.17) is 9.47 Å². The van der Waals surface area contributed by atoms with E-state index >= 15 is 0 Å². The van der Waals surface area contributed by atoms with Crippen LogP contribution in [0, 0.1) is 6.92 Å². The Bertz CT molecular complexity index is 445. The molecule has 1 rings (SSSR count). The third-order valence-corrected chi connectivity index (χ3v) is 3.31. The van der Waals surface area contributed by atoms with E-state index in [0.717, 1.165) is 23.4 Å². The van der Waals surface area contributed by atoms with Crippen LogP contribution in [0.25, 0.3) is 0 Å². The Kier molecular flexibility index (Phi) is 5.36. The maximum atomic E-state index is 12.3. The Morgan fingerprint density at radius 2 is 2.05 bits per heavy atom. The molecule has 0 saturated heterocycles. The van der Waals surface area contributed by atoms with Crippen LogP contribution in [0.1, 0.15) is 32.3 Å². The van der Waals surface area contributed by atoms with E-state index in [-0.39, 0.29) is 5.91 Å². The van der Waals surface area contributed by atoms with Gasteiger partial charge in [0.2, 0.25) is 0 Å². The fourth-order valence-corrected chi connectivity index (χ4v) is 2.00. The lowest BCUT2D eigenvalue weighted by molar-refractivity contribution is -0.136. The number of hydrogen-bond acceptors (Lipinski definition) is 3. The molecule has 0 fully saturated rings. The van der Waals surface area contributed by atoms with E-state index in [2.05, 4.69) is 5.32 Å². The summed E-state index contributed by atoms with van der Waals surface area (Å²) < 4.78 is 10.5. The molecule has 0 aliphatic heterocycles. The van der Waals surface area contributed by atoms with Gasteiger partial charge >= 0.3 is 0 Å². The topological polar surface area (TPSA) is 47.6 Å². The first-order chi connectivity index (χ1) is 8.96. The second kappa shape index (κ2) is 6.57. The number of amides is 1. The number of hydrogen-bond donors (Lipinski definition) is 1. The second-order valence-electron chi connectivity index (χ2n) is 4.82. The van der Waals surface area contributed by atoms with Gasteiger partial charge < -0.3 is 14.8 Å². The lowest BCUT2D eigenvalue weighted by atomic mass is 9.99. The van der Waals surface area contributed by atoms with Crippen molar-refractivity contribution in [1.82, 2.24) is 0 Å². The number of carbonyl (C=O) groups is 1. The van der Waals surface area contributed by atoms with Crippen LogP contribution in [0.4, 0.5) is 5.69 Å². The summed E-state index contributed by atoms with van der Waals surface area (Å²) in [6.07, 6.45) is 1.57. The molecule has 0 radical (unpaired) electrons. The minimum Gasteiger partial charge on any atom is -0.496 e. The van der Waals surface area contributed by atoms with Crippen LogP contribution in [0.5, 0.6) is 5.75 Å². The van der Waals surface area contributed by atoms with Crippen molar-refractivity contribution in [3.8, 4) is 5.75 Å². The average Bonchev–Trinajstić information content (AvgIpc) is 2.39. The number of ether oxygens (including phenoxy) is 2. The number of aryl methyl sites for hydroxylation is 1. The Labute approximate surface area is 115 Å². The van der Waals surface area contributed by atoms with Crippen molar-refractivity contribution in [3.63, 3.8) is 0 Å². The zero-order valence-electron chi connectivity index (χ0n) is 12.4. The van der Waals surface area contributed by atoms with Gasteiger partial charge in [-0.2, -0.15) is 0 Å². The van der Waals surface area contributed by atoms with E-state index in [1.807, 2.05) is 39.0 Å². The summed E-state index contributed by atoms with van der Waals surface area (Å²) in [5.41, 5.74) is 0.945. The highest BCUT2D eigenvalue weighted by molar-refractivity contribution is 5.97. The zero-order chi connectivity index (χ0) is 14.5. The molecule has 1 aromatic carbocycles. The van der Waals surface area contributed by atoms with Gasteiger partial charge in [-0.25, -0.2) is 0 Å². The number of anilines is 1. The highest BCUT2D eigenvalue weighted by atomic mass is 16.5. The SMILES string of the molecule is CCC[C@](C)(OC)C(=O)Nc1ccc(OC)c(C)c1. The van der Waals surface area contributed by atoms with Crippen molar-refractivity contribution in [2.24, 2.45) is 0 Å². The normalized spacial score (nSPS) is 13.7. The molecular formula is C15H23NO3. The van der Waals surface area contributed by atoms with Crippen LogP contribution in [0.3, 0.4) is 0 Å². The quantitative estimate of drug-likeness (QED) is 0.859. The van der Waals surface area contributed by atoms with Gasteiger partial charge in [-0.15, -0.1) is 0 Å². The molecule has 1 amide bonds. The van der Waals surface area contributed by atoms with Gasteiger partial charge in [0, 0.05) is 12.8 Å². The van der Waals surface area contributed by atoms with Crippen LogP contribution in [-0.4, -0.2) is 25.7 Å². The van der Waals surface area contributed by atoms with Gasteiger partial charge in [0.1, 0.15) is 11.4 Å². The second-order valence-corrected chi connectivity index (χ2v) is 4.82. The summed E-state index contributed by atoms with van der Waals surface area (Å²) in [4.78, 5) is 12.3. The molecule has 0 heterocycles. The van der Waals surface area contributed by atoms with Crippen LogP contribution in [0.15, 0.2) is 18.2 Å². The van der Waals surface area contributed by atoms with Gasteiger partial charge in [-0.3, -0.25) is 4.79 Å². The van der Waals surface area contributed by atoms with E-state index < -0.39 is 5.60 Å². The average molecular weight is 265 g/mol. The Morgan fingerprint density at radius 1 is 1.37 bits per heavy atom. The van der Waals surface area contributed by atoms with Crippen molar-refractivity contribution >= 4 is 11.6 Å². The first-order valence-electron chi connectivity index (χ1n) is 6.48. The predicted molar refractivity (Wildman–Crippen MR) is 76.7 cm³/mol. The first-order valence-corrected chi connectivity index (χ1v) is 6.48. The molecule has 106 valence electrons. The number of carbonyl (C=O) groups excluding carboxylic acids is 1. The van der Waals surface area contributed by atoms with Crippen molar-refractivity contribution in [1.29, 1.82) is 0 Å². The van der Waals surface area contributed by atoms with E-state index in [1.54, 1.807) is 14.2 Å². The molecule has 19 heavy (non-hydrogen) atoms. The van der Waals surface area contributed by atoms with Crippen molar-refractivity contribution in [2.45, 2.75) is 39.2 Å². The Morgan fingerprint density at radius 3 is 2.53 bits per heavy atom. The molecule has 0 saturated carbocycles. The molecule has 4 nitrogen and oxygen atoms in total. The number of benzene rings is 1. The lowest BCUT2D eigenvalue weighted by Crippen LogP contribution is -2.41. The van der Waals surface area contributed by atoms with Crippen LogP contribution in [0.2, 0.25) is 0 Å². The predicted octanol–water partition coefficient (Wildman–Crippen LogP) is 3.15. The maximum Gasteiger partial charge on any atom is 0.256 e. The van der Waals surface area contributed by atoms with Crippen molar-refractivity contribution in [3.05, 3.63) is 23.8 Å². The van der Waals surface area contributed by atoms with Gasteiger partial charge in [0.05, 0.1) is 7.11 Å². The zero-order valence-corrected chi connectivity index (χ0v) is 12.4. The van der Waals surface area contributed by atoms with Gasteiger partial charge in [-0.1, -0.05) is 13.3 Å². The summed E-state index contributed by atoms with van der Waals surface area (Å²) in [5.74, 6) is 0.683. The Hall–Kier alpha value is -1.55. The van der Waals surface area contributed by atoms with Crippen molar-refractivity contribution < 1.29 is 14.3 Å². The summed E-state index contributed by atoms with van der Waals surface area (Å²) in [5, 5.41) is 2.89. The van der Waals surface area contributed by atoms with Crippen LogP contribution < -0.4 is 10.1 Å². The largest absolute Gasteiger partial charge is 0.496 e. The minimum atomic E-state index is -0.789. The van der Waals surface area contributed by atoms with E-state index in [1.165, 1.54) is 0 Å². The van der Waals surface area contributed by atoms with Crippen LogP contribution >= 0.6 is 0 Å². The van der Waals surface area contributed by atoms with Gasteiger partial charge in [0.25, 0.3) is 5.91 Å². The summed E-state index contributed by atoms with van der Waals surface area (Å²) in [6.45, 7) is 5.78. The monoisotopic (exact) mass is 265 g/mol. The highest BCUT2D eigenvalue weighted by Crippen LogP contribution is 2.24. The smallest absolute Gasteiger partial charge is 0.256 e. The fraction of sp³-hybridized carbons (Fsp3) is 0.533. The fourth-order valence-electron chi connectivity index (χ4n) is 2.00. The third kappa shape index (κ3) is 3.70. The molecule has 0 bridgehead atoms. The van der Waals surface area contributed by atoms with Crippen molar-refractivity contribution in [2.75, 3.05) is 19.5 Å². The first kappa shape index (κ1) is 15.5. The molecule has 1 N–H and O–H groups in total. The Balaban J connectivity index is 2.84. The molecule has 4 heteroatoms. The van der Waals surface area contributed by atoms with Gasteiger partial charge in [-0.05, 0) is 44.0 Å². The highest BCUT2D eigenvalue weighted by Gasteiger charge is 2.32. The summed E-state index contributed by atoms with van der Waals surface area (Å²) >= 11 is 0. The molecule has 0 aliphatic rings. The standard InChI is InChI=1S/C15H23NO3/c1-6-9-15(3,19-5)14(17)16-12-7-8-13(18-4)11(2)10-12/h7-8,10H,6,9H2,1-5H3,(H,16,17)/t15-/m0/s1. The molecule has 1 atom stereocenters. The number of rotatable bonds is 6. The minimum absolute atomic E-state index is 0.124. The van der Waals surface area contributed by atoms with Crippen LogP contribution in [-0.2, 0) is 9.53 Å². The molecule has 0 aliphatic carbocycles. The molecule has 0 aromatic heterocycles. The van der Waals surface area contributed by atoms with E-state index in [9.17, 15) is 4.79 Å². The number of methoxy groups -OCH3 is 2. The maximum absolute atomic E-state index is 12.3.